The van der Waals surface area contributed by atoms with Gasteiger partial charge in [0.1, 0.15) is 18.0 Å². The fourth-order valence-corrected chi connectivity index (χ4v) is 4.67. The molecule has 7 nitrogen and oxygen atoms in total. The Morgan fingerprint density at radius 2 is 1.62 bits per heavy atom. The van der Waals surface area contributed by atoms with E-state index in [0.29, 0.717) is 31.8 Å². The van der Waals surface area contributed by atoms with Crippen molar-refractivity contribution in [2.75, 3.05) is 31.1 Å². The molecule has 1 aliphatic heterocycles. The Kier molecular flexibility index (Phi) is 5.65. The lowest BCUT2D eigenvalue weighted by Crippen LogP contribution is -2.50. The molecule has 2 aromatic carbocycles. The van der Waals surface area contributed by atoms with Crippen molar-refractivity contribution in [3.8, 4) is 5.69 Å². The molecule has 1 saturated heterocycles. The van der Waals surface area contributed by atoms with Crippen LogP contribution < -0.4 is 10.5 Å². The molecule has 0 atom stereocenters. The van der Waals surface area contributed by atoms with Crippen LogP contribution in [0.1, 0.15) is 11.3 Å². The lowest BCUT2D eigenvalue weighted by Gasteiger charge is -2.36. The molecule has 0 bridgehead atoms. The van der Waals surface area contributed by atoms with E-state index in [2.05, 4.69) is 4.90 Å². The van der Waals surface area contributed by atoms with Crippen molar-refractivity contribution < 1.29 is 9.18 Å². The standard InChI is InChI=1S/C26H26FN5O2/c1-18-16-23(33)31(26-25(18)19(2)28-32(26)22-6-4-3-5-7-22)17-24(34)30-14-12-29(13-15-30)21-10-8-20(27)9-11-21/h3-11,16H,12-15,17H2,1-2H3. The van der Waals surface area contributed by atoms with Gasteiger partial charge in [0.2, 0.25) is 5.91 Å². The zero-order valence-corrected chi connectivity index (χ0v) is 19.2. The van der Waals surface area contributed by atoms with Gasteiger partial charge in [0.15, 0.2) is 0 Å². The van der Waals surface area contributed by atoms with Crippen molar-refractivity contribution in [1.29, 1.82) is 0 Å². The number of aryl methyl sites for hydroxylation is 2. The van der Waals surface area contributed by atoms with Gasteiger partial charge >= 0.3 is 0 Å². The first-order valence-corrected chi connectivity index (χ1v) is 11.4. The number of anilines is 1. The number of pyridine rings is 1. The Morgan fingerprint density at radius 3 is 2.29 bits per heavy atom. The minimum absolute atomic E-state index is 0.0515. The quantitative estimate of drug-likeness (QED) is 0.470. The van der Waals surface area contributed by atoms with Gasteiger partial charge in [-0.15, -0.1) is 0 Å². The summed E-state index contributed by atoms with van der Waals surface area (Å²) in [5.74, 6) is -0.373. The third-order valence-electron chi connectivity index (χ3n) is 6.41. The molecule has 0 unspecified atom stereocenters. The van der Waals surface area contributed by atoms with Crippen molar-refractivity contribution in [1.82, 2.24) is 19.2 Å². The Hall–Kier alpha value is -3.94. The third-order valence-corrected chi connectivity index (χ3v) is 6.41. The molecule has 5 rings (SSSR count). The van der Waals surface area contributed by atoms with E-state index in [1.165, 1.54) is 16.7 Å². The first-order chi connectivity index (χ1) is 16.4. The zero-order valence-electron chi connectivity index (χ0n) is 19.2. The lowest BCUT2D eigenvalue weighted by atomic mass is 10.1. The van der Waals surface area contributed by atoms with E-state index in [1.54, 1.807) is 27.8 Å². The van der Waals surface area contributed by atoms with E-state index in [4.69, 9.17) is 5.10 Å². The molecule has 3 heterocycles. The molecule has 174 valence electrons. The summed E-state index contributed by atoms with van der Waals surface area (Å²) in [4.78, 5) is 30.2. The molecule has 8 heteroatoms. The Balaban J connectivity index is 1.42. The van der Waals surface area contributed by atoms with Gasteiger partial charge < -0.3 is 9.80 Å². The van der Waals surface area contributed by atoms with Gasteiger partial charge in [0.25, 0.3) is 5.56 Å². The minimum Gasteiger partial charge on any atom is -0.368 e. The first kappa shape index (κ1) is 21.9. The predicted octanol–water partition coefficient (Wildman–Crippen LogP) is 3.29. The van der Waals surface area contributed by atoms with E-state index in [1.807, 2.05) is 44.2 Å². The summed E-state index contributed by atoms with van der Waals surface area (Å²) in [6, 6.07) is 17.6. The lowest BCUT2D eigenvalue weighted by molar-refractivity contribution is -0.132. The Bertz CT molecular complexity index is 1400. The summed E-state index contributed by atoms with van der Waals surface area (Å²) in [5, 5.41) is 5.58. The number of halogens is 1. The highest BCUT2D eigenvalue weighted by atomic mass is 19.1. The third kappa shape index (κ3) is 3.96. The summed E-state index contributed by atoms with van der Waals surface area (Å²) in [7, 11) is 0. The van der Waals surface area contributed by atoms with Gasteiger partial charge in [-0.25, -0.2) is 9.07 Å². The number of piperazine rings is 1. The maximum absolute atomic E-state index is 13.3. The maximum Gasteiger partial charge on any atom is 0.252 e. The molecule has 1 amide bonds. The summed E-state index contributed by atoms with van der Waals surface area (Å²) in [5.41, 5.74) is 3.83. The van der Waals surface area contributed by atoms with Gasteiger partial charge in [-0.1, -0.05) is 18.2 Å². The van der Waals surface area contributed by atoms with Crippen LogP contribution in [0.2, 0.25) is 0 Å². The highest BCUT2D eigenvalue weighted by Gasteiger charge is 2.24. The topological polar surface area (TPSA) is 63.4 Å². The minimum atomic E-state index is -0.266. The predicted molar refractivity (Wildman–Crippen MR) is 130 cm³/mol. The molecule has 0 spiro atoms. The average molecular weight is 460 g/mol. The van der Waals surface area contributed by atoms with Crippen molar-refractivity contribution in [2.45, 2.75) is 20.4 Å². The normalized spacial score (nSPS) is 14.1. The molecular weight excluding hydrogens is 433 g/mol. The van der Waals surface area contributed by atoms with Crippen LogP contribution in [0.15, 0.2) is 65.5 Å². The number of aromatic nitrogens is 3. The molecular formula is C26H26FN5O2. The second kappa shape index (κ2) is 8.78. The van der Waals surface area contributed by atoms with Gasteiger partial charge in [-0.3, -0.25) is 14.2 Å². The SMILES string of the molecule is Cc1cc(=O)n(CC(=O)N2CCN(c3ccc(F)cc3)CC2)c2c1c(C)nn2-c1ccccc1. The molecule has 4 aromatic rings. The molecule has 0 radical (unpaired) electrons. The molecule has 1 aliphatic rings. The van der Waals surface area contributed by atoms with Crippen LogP contribution in [0.4, 0.5) is 10.1 Å². The van der Waals surface area contributed by atoms with Gasteiger partial charge in [-0.05, 0) is 55.8 Å². The largest absolute Gasteiger partial charge is 0.368 e. The van der Waals surface area contributed by atoms with E-state index in [9.17, 15) is 14.0 Å². The Morgan fingerprint density at radius 1 is 0.941 bits per heavy atom. The highest BCUT2D eigenvalue weighted by Crippen LogP contribution is 2.24. The summed E-state index contributed by atoms with van der Waals surface area (Å²) < 4.78 is 16.5. The van der Waals surface area contributed by atoms with Crippen LogP contribution in [-0.4, -0.2) is 51.3 Å². The fourth-order valence-electron chi connectivity index (χ4n) is 4.67. The number of fused-ring (bicyclic) bond motifs is 1. The molecule has 34 heavy (non-hydrogen) atoms. The van der Waals surface area contributed by atoms with Crippen molar-refractivity contribution in [3.63, 3.8) is 0 Å². The van der Waals surface area contributed by atoms with Crippen LogP contribution in [-0.2, 0) is 11.3 Å². The van der Waals surface area contributed by atoms with E-state index in [-0.39, 0.29) is 23.8 Å². The number of hydrogen-bond acceptors (Lipinski definition) is 4. The van der Waals surface area contributed by atoms with E-state index >= 15 is 0 Å². The van der Waals surface area contributed by atoms with Crippen molar-refractivity contribution in [3.05, 3.63) is 88.1 Å². The second-order valence-corrected chi connectivity index (χ2v) is 8.63. The van der Waals surface area contributed by atoms with E-state index < -0.39 is 0 Å². The number of amides is 1. The van der Waals surface area contributed by atoms with Crippen LogP contribution in [0.3, 0.4) is 0 Å². The zero-order chi connectivity index (χ0) is 23.8. The fraction of sp³-hybridized carbons (Fsp3) is 0.269. The molecule has 0 saturated carbocycles. The summed E-state index contributed by atoms with van der Waals surface area (Å²) in [6.45, 7) is 6.14. The van der Waals surface area contributed by atoms with Gasteiger partial charge in [0, 0.05) is 43.3 Å². The number of rotatable bonds is 4. The molecule has 0 aliphatic carbocycles. The molecule has 0 N–H and O–H groups in total. The molecule has 1 fully saturated rings. The first-order valence-electron chi connectivity index (χ1n) is 11.4. The van der Waals surface area contributed by atoms with Gasteiger partial charge in [-0.2, -0.15) is 5.10 Å². The number of carbonyl (C=O) groups is 1. The smallest absolute Gasteiger partial charge is 0.252 e. The van der Waals surface area contributed by atoms with Crippen molar-refractivity contribution >= 4 is 22.6 Å². The number of hydrogen-bond donors (Lipinski definition) is 0. The molecule has 2 aromatic heterocycles. The van der Waals surface area contributed by atoms with Crippen LogP contribution in [0.25, 0.3) is 16.7 Å². The van der Waals surface area contributed by atoms with Gasteiger partial charge in [0.05, 0.1) is 11.4 Å². The van der Waals surface area contributed by atoms with Crippen molar-refractivity contribution in [2.24, 2.45) is 0 Å². The highest BCUT2D eigenvalue weighted by molar-refractivity contribution is 5.85. The Labute approximate surface area is 196 Å². The summed E-state index contributed by atoms with van der Waals surface area (Å²) in [6.07, 6.45) is 0. The second-order valence-electron chi connectivity index (χ2n) is 8.63. The van der Waals surface area contributed by atoms with Crippen LogP contribution in [0, 0.1) is 19.7 Å². The number of para-hydroxylation sites is 1. The maximum atomic E-state index is 13.3. The monoisotopic (exact) mass is 459 g/mol. The average Bonchev–Trinajstić information content (AvgIpc) is 3.20. The van der Waals surface area contributed by atoms with E-state index in [0.717, 1.165) is 28.0 Å². The number of benzene rings is 2. The summed E-state index contributed by atoms with van der Waals surface area (Å²) >= 11 is 0. The number of carbonyl (C=O) groups excluding carboxylic acids is 1. The number of nitrogens with zero attached hydrogens (tertiary/aromatic N) is 5. The van der Waals surface area contributed by atoms with Crippen LogP contribution >= 0.6 is 0 Å². The van der Waals surface area contributed by atoms with Crippen LogP contribution in [0.5, 0.6) is 0 Å².